The molecule has 0 amide bonds. The molecule has 0 saturated carbocycles. The van der Waals surface area contributed by atoms with Crippen LogP contribution in [0.25, 0.3) is 0 Å². The molecule has 0 heterocycles. The zero-order valence-electron chi connectivity index (χ0n) is 4.46. The quantitative estimate of drug-likeness (QED) is 0.388. The average molecular weight is 128 g/mol. The summed E-state index contributed by atoms with van der Waals surface area (Å²) < 4.78 is 0. The Hall–Kier alpha value is 0.270. The Kier molecular flexibility index (Phi) is 21.4. The van der Waals surface area contributed by atoms with E-state index >= 15 is 0 Å². The first-order valence-electron chi connectivity index (χ1n) is 1.42. The molecule has 0 fully saturated rings. The molecule has 4 nitrogen and oxygen atoms in total. The van der Waals surface area contributed by atoms with Gasteiger partial charge in [-0.15, -0.1) is 0 Å². The summed E-state index contributed by atoms with van der Waals surface area (Å²) in [5.74, 6) is 0. The third kappa shape index (κ3) is 22.2. The van der Waals surface area contributed by atoms with Gasteiger partial charge in [0.2, 0.25) is 0 Å². The van der Waals surface area contributed by atoms with E-state index in [9.17, 15) is 0 Å². The van der Waals surface area contributed by atoms with E-state index in [2.05, 4.69) is 0 Å². The SMILES string of the molecule is CCP(O)O.N.N. The van der Waals surface area contributed by atoms with Gasteiger partial charge in [0.25, 0.3) is 0 Å². The van der Waals surface area contributed by atoms with E-state index in [1.165, 1.54) is 0 Å². The van der Waals surface area contributed by atoms with Crippen LogP contribution in [0.15, 0.2) is 0 Å². The molecule has 0 unspecified atom stereocenters. The van der Waals surface area contributed by atoms with Crippen LogP contribution in [0.3, 0.4) is 0 Å². The van der Waals surface area contributed by atoms with Crippen molar-refractivity contribution >= 4 is 8.38 Å². The lowest BCUT2D eigenvalue weighted by Gasteiger charge is -1.88. The van der Waals surface area contributed by atoms with Crippen molar-refractivity contribution in [3.63, 3.8) is 0 Å². The fourth-order valence-electron chi connectivity index (χ4n) is 0. The van der Waals surface area contributed by atoms with Gasteiger partial charge in [-0.25, -0.2) is 0 Å². The lowest BCUT2D eigenvalue weighted by atomic mass is 11.0. The number of hydrogen-bond donors (Lipinski definition) is 4. The van der Waals surface area contributed by atoms with Gasteiger partial charge >= 0.3 is 0 Å². The monoisotopic (exact) mass is 128 g/mol. The summed E-state index contributed by atoms with van der Waals surface area (Å²) in [5.41, 5.74) is 0. The standard InChI is InChI=1S/C2H7O2P.2H3N/c1-2-5(3)4;;/h3-4H,2H2,1H3;2*1H3. The van der Waals surface area contributed by atoms with E-state index in [0.717, 1.165) is 0 Å². The molecule has 0 rings (SSSR count). The van der Waals surface area contributed by atoms with Gasteiger partial charge in [0.1, 0.15) is 0 Å². The second kappa shape index (κ2) is 9.55. The highest BCUT2D eigenvalue weighted by Crippen LogP contribution is 2.19. The molecule has 0 aliphatic rings. The molecular weight excluding hydrogens is 115 g/mol. The molecule has 5 heteroatoms. The van der Waals surface area contributed by atoms with Crippen molar-refractivity contribution in [2.45, 2.75) is 6.92 Å². The molecule has 0 atom stereocenters. The van der Waals surface area contributed by atoms with E-state index < -0.39 is 8.38 Å². The maximum Gasteiger partial charge on any atom is 0.164 e. The van der Waals surface area contributed by atoms with Crippen LogP contribution in [0.1, 0.15) is 6.92 Å². The Morgan fingerprint density at radius 2 is 1.43 bits per heavy atom. The van der Waals surface area contributed by atoms with Crippen molar-refractivity contribution in [1.82, 2.24) is 12.3 Å². The summed E-state index contributed by atoms with van der Waals surface area (Å²) in [7, 11) is -1.60. The van der Waals surface area contributed by atoms with Crippen LogP contribution in [0.4, 0.5) is 0 Å². The summed E-state index contributed by atoms with van der Waals surface area (Å²) in [5, 5.41) is 0. The summed E-state index contributed by atoms with van der Waals surface area (Å²) in [6, 6.07) is 0. The lowest BCUT2D eigenvalue weighted by molar-refractivity contribution is 0.484. The Balaban J connectivity index is -0.0000000800. The molecule has 7 heavy (non-hydrogen) atoms. The first kappa shape index (κ1) is 15.7. The molecule has 0 aliphatic carbocycles. The zero-order valence-corrected chi connectivity index (χ0v) is 5.36. The minimum atomic E-state index is -1.60. The van der Waals surface area contributed by atoms with E-state index in [0.29, 0.717) is 6.16 Å². The van der Waals surface area contributed by atoms with E-state index in [4.69, 9.17) is 9.79 Å². The fraction of sp³-hybridized carbons (Fsp3) is 1.00. The minimum absolute atomic E-state index is 0. The van der Waals surface area contributed by atoms with Gasteiger partial charge < -0.3 is 22.1 Å². The minimum Gasteiger partial charge on any atom is -0.350 e. The molecule has 48 valence electrons. The maximum atomic E-state index is 7.98. The largest absolute Gasteiger partial charge is 0.350 e. The van der Waals surface area contributed by atoms with Crippen molar-refractivity contribution in [2.75, 3.05) is 6.16 Å². The van der Waals surface area contributed by atoms with Crippen LogP contribution >= 0.6 is 8.38 Å². The van der Waals surface area contributed by atoms with Crippen LogP contribution in [0.5, 0.6) is 0 Å². The van der Waals surface area contributed by atoms with Crippen LogP contribution < -0.4 is 12.3 Å². The van der Waals surface area contributed by atoms with Gasteiger partial charge in [-0.1, -0.05) is 6.92 Å². The Bertz CT molecular complexity index is 27.7. The molecule has 0 saturated heterocycles. The second-order valence-corrected chi connectivity index (χ2v) is 2.07. The van der Waals surface area contributed by atoms with Gasteiger partial charge in [-0.05, 0) is 0 Å². The Morgan fingerprint density at radius 3 is 1.43 bits per heavy atom. The summed E-state index contributed by atoms with van der Waals surface area (Å²) >= 11 is 0. The molecule has 0 spiro atoms. The van der Waals surface area contributed by atoms with E-state index in [1.54, 1.807) is 6.92 Å². The van der Waals surface area contributed by atoms with Crippen LogP contribution in [-0.4, -0.2) is 15.9 Å². The lowest BCUT2D eigenvalue weighted by Crippen LogP contribution is -1.67. The van der Waals surface area contributed by atoms with Gasteiger partial charge in [-0.3, -0.25) is 0 Å². The molecule has 0 aliphatic heterocycles. The number of hydrogen-bond acceptors (Lipinski definition) is 4. The van der Waals surface area contributed by atoms with Crippen molar-refractivity contribution < 1.29 is 9.79 Å². The van der Waals surface area contributed by atoms with Crippen LogP contribution in [0, 0.1) is 0 Å². The summed E-state index contributed by atoms with van der Waals surface area (Å²) in [4.78, 5) is 16.0. The number of rotatable bonds is 1. The molecule has 0 bridgehead atoms. The average Bonchev–Trinajstić information content (AvgIpc) is 1.38. The predicted octanol–water partition coefficient (Wildman–Crippen LogP) is 0.627. The molecule has 0 radical (unpaired) electrons. The molecular formula is C2H13N2O2P. The first-order valence-corrected chi connectivity index (χ1v) is 2.86. The third-order valence-electron chi connectivity index (χ3n) is 0.283. The predicted molar refractivity (Wildman–Crippen MR) is 31.9 cm³/mol. The van der Waals surface area contributed by atoms with Gasteiger partial charge in [-0.2, -0.15) is 0 Å². The fourth-order valence-corrected chi connectivity index (χ4v) is 0. The van der Waals surface area contributed by atoms with Crippen molar-refractivity contribution in [3.05, 3.63) is 0 Å². The second-order valence-electron chi connectivity index (χ2n) is 0.689. The topological polar surface area (TPSA) is 110 Å². The van der Waals surface area contributed by atoms with Crippen LogP contribution in [-0.2, 0) is 0 Å². The highest BCUT2D eigenvalue weighted by Gasteiger charge is 1.85. The van der Waals surface area contributed by atoms with Gasteiger partial charge in [0.05, 0.1) is 0 Å². The van der Waals surface area contributed by atoms with Crippen molar-refractivity contribution in [2.24, 2.45) is 0 Å². The molecule has 0 aromatic rings. The van der Waals surface area contributed by atoms with E-state index in [1.807, 2.05) is 0 Å². The maximum absolute atomic E-state index is 7.98. The third-order valence-corrected chi connectivity index (χ3v) is 0.849. The highest BCUT2D eigenvalue weighted by atomic mass is 31.2. The van der Waals surface area contributed by atoms with Gasteiger partial charge in [0.15, 0.2) is 8.38 Å². The zero-order chi connectivity index (χ0) is 4.28. The summed E-state index contributed by atoms with van der Waals surface area (Å²) in [6.07, 6.45) is 0.481. The molecule has 8 N–H and O–H groups in total. The van der Waals surface area contributed by atoms with E-state index in [-0.39, 0.29) is 12.3 Å². The molecule has 0 aromatic carbocycles. The van der Waals surface area contributed by atoms with Crippen molar-refractivity contribution in [3.8, 4) is 0 Å². The Labute approximate surface area is 44.6 Å². The summed E-state index contributed by atoms with van der Waals surface area (Å²) in [6.45, 7) is 1.73. The Morgan fingerprint density at radius 1 is 1.29 bits per heavy atom. The smallest absolute Gasteiger partial charge is 0.164 e. The molecule has 0 aromatic heterocycles. The van der Waals surface area contributed by atoms with Crippen molar-refractivity contribution in [1.29, 1.82) is 0 Å². The normalized spacial score (nSPS) is 6.86. The first-order chi connectivity index (χ1) is 2.27. The van der Waals surface area contributed by atoms with Crippen LogP contribution in [0.2, 0.25) is 0 Å². The van der Waals surface area contributed by atoms with Gasteiger partial charge in [0, 0.05) is 6.16 Å². The highest BCUT2D eigenvalue weighted by molar-refractivity contribution is 7.45.